The maximum atomic E-state index is 10.2. The van der Waals surface area contributed by atoms with Crippen LogP contribution in [0.3, 0.4) is 0 Å². The number of carbonyl (C=O) groups is 1. The Bertz CT molecular complexity index is 297. The SMILES string of the molecule is CC(=CCCS(=O)(=O)O)C(=O)O.[H-].[Na+]. The van der Waals surface area contributed by atoms with Crippen molar-refractivity contribution < 1.29 is 53.9 Å². The molecule has 0 rings (SSSR count). The smallest absolute Gasteiger partial charge is 1.00 e. The molecule has 72 valence electrons. The number of allylic oxidation sites excluding steroid dienone is 1. The van der Waals surface area contributed by atoms with Crippen molar-refractivity contribution in [3.05, 3.63) is 11.6 Å². The number of aliphatic carboxylic acids is 1. The molecule has 0 aliphatic carbocycles. The molecule has 0 aliphatic heterocycles. The fourth-order valence-corrected chi connectivity index (χ4v) is 0.927. The van der Waals surface area contributed by atoms with Crippen molar-refractivity contribution in [2.75, 3.05) is 5.75 Å². The Labute approximate surface area is 100 Å². The van der Waals surface area contributed by atoms with Gasteiger partial charge in [-0.3, -0.25) is 4.55 Å². The van der Waals surface area contributed by atoms with Gasteiger partial charge in [-0.25, -0.2) is 4.79 Å². The predicted molar refractivity (Wildman–Crippen MR) is 43.5 cm³/mol. The summed E-state index contributed by atoms with van der Waals surface area (Å²) in [6.45, 7) is 1.35. The summed E-state index contributed by atoms with van der Waals surface area (Å²) in [5, 5.41) is 8.33. The molecular weight excluding hydrogens is 207 g/mol. The molecule has 0 atom stereocenters. The summed E-state index contributed by atoms with van der Waals surface area (Å²) in [6.07, 6.45) is 1.26. The van der Waals surface area contributed by atoms with E-state index >= 15 is 0 Å². The van der Waals surface area contributed by atoms with E-state index in [9.17, 15) is 13.2 Å². The second-order valence-corrected chi connectivity index (χ2v) is 3.84. The average molecular weight is 218 g/mol. The maximum Gasteiger partial charge on any atom is 1.00 e. The van der Waals surface area contributed by atoms with Crippen molar-refractivity contribution in [2.45, 2.75) is 13.3 Å². The number of hydrogen-bond acceptors (Lipinski definition) is 3. The average Bonchev–Trinajstić information content (AvgIpc) is 1.84. The Morgan fingerprint density at radius 2 is 2.00 bits per heavy atom. The molecule has 0 radical (unpaired) electrons. The predicted octanol–water partition coefficient (Wildman–Crippen LogP) is -2.59. The monoisotopic (exact) mass is 218 g/mol. The third-order valence-electron chi connectivity index (χ3n) is 1.16. The Morgan fingerprint density at radius 1 is 1.54 bits per heavy atom. The molecule has 7 heteroatoms. The van der Waals surface area contributed by atoms with Crippen LogP contribution in [-0.2, 0) is 14.9 Å². The normalized spacial score (nSPS) is 12.0. The minimum absolute atomic E-state index is 0. The summed E-state index contributed by atoms with van der Waals surface area (Å²) in [4.78, 5) is 10.2. The molecule has 0 aromatic carbocycles. The summed E-state index contributed by atoms with van der Waals surface area (Å²) in [5.41, 5.74) is 0.0682. The summed E-state index contributed by atoms with van der Waals surface area (Å²) in [5.74, 6) is -1.54. The van der Waals surface area contributed by atoms with Crippen LogP contribution in [0, 0.1) is 0 Å². The molecule has 0 aliphatic rings. The van der Waals surface area contributed by atoms with E-state index in [2.05, 4.69) is 0 Å². The standard InChI is InChI=1S/C6H10O5S.Na.H/c1-5(6(7)8)3-2-4-12(9,10)11;;/h3H,2,4H2,1H3,(H,7,8)(H,9,10,11);;/q;+1;-1. The van der Waals surface area contributed by atoms with Gasteiger partial charge >= 0.3 is 35.5 Å². The van der Waals surface area contributed by atoms with E-state index < -0.39 is 21.8 Å². The zero-order chi connectivity index (χ0) is 9.78. The molecule has 0 saturated carbocycles. The first kappa shape index (κ1) is 15.6. The summed E-state index contributed by atoms with van der Waals surface area (Å²) >= 11 is 0. The number of carboxylic acid groups (broad SMARTS) is 1. The minimum Gasteiger partial charge on any atom is -1.00 e. The second-order valence-electron chi connectivity index (χ2n) is 2.27. The van der Waals surface area contributed by atoms with Crippen LogP contribution in [0.4, 0.5) is 0 Å². The molecular formula is C6H11NaO5S. The Kier molecular flexibility index (Phi) is 7.86. The van der Waals surface area contributed by atoms with E-state index in [1.807, 2.05) is 0 Å². The zero-order valence-electron chi connectivity index (χ0n) is 8.52. The molecule has 0 unspecified atom stereocenters. The van der Waals surface area contributed by atoms with Crippen LogP contribution in [0.15, 0.2) is 11.6 Å². The van der Waals surface area contributed by atoms with Crippen molar-refractivity contribution in [1.29, 1.82) is 0 Å². The quantitative estimate of drug-likeness (QED) is 0.307. The van der Waals surface area contributed by atoms with Gasteiger partial charge in [-0.2, -0.15) is 8.42 Å². The maximum absolute atomic E-state index is 10.2. The molecule has 13 heavy (non-hydrogen) atoms. The Balaban J connectivity index is -0.000000605. The first-order valence-electron chi connectivity index (χ1n) is 3.18. The summed E-state index contributed by atoms with van der Waals surface area (Å²) < 4.78 is 28.6. The van der Waals surface area contributed by atoms with Gasteiger partial charge in [0, 0.05) is 5.57 Å². The van der Waals surface area contributed by atoms with Gasteiger partial charge in [0.05, 0.1) is 5.75 Å². The number of rotatable bonds is 4. The van der Waals surface area contributed by atoms with Crippen molar-refractivity contribution >= 4 is 16.1 Å². The molecule has 0 heterocycles. The minimum atomic E-state index is -3.98. The van der Waals surface area contributed by atoms with Crippen LogP contribution in [0.5, 0.6) is 0 Å². The van der Waals surface area contributed by atoms with Crippen LogP contribution in [0.25, 0.3) is 0 Å². The van der Waals surface area contributed by atoms with Crippen LogP contribution >= 0.6 is 0 Å². The molecule has 0 bridgehead atoms. The molecule has 0 saturated heterocycles. The van der Waals surface area contributed by atoms with Gasteiger partial charge in [0.25, 0.3) is 10.1 Å². The van der Waals surface area contributed by atoms with E-state index in [1.54, 1.807) is 0 Å². The number of carboxylic acids is 1. The molecule has 0 aromatic heterocycles. The van der Waals surface area contributed by atoms with E-state index in [1.165, 1.54) is 13.0 Å². The topological polar surface area (TPSA) is 91.7 Å². The van der Waals surface area contributed by atoms with Crippen LogP contribution in [0.2, 0.25) is 0 Å². The second kappa shape index (κ2) is 6.56. The van der Waals surface area contributed by atoms with E-state index in [-0.39, 0.29) is 43.0 Å². The van der Waals surface area contributed by atoms with E-state index in [0.717, 1.165) is 0 Å². The summed E-state index contributed by atoms with van der Waals surface area (Å²) in [6, 6.07) is 0. The van der Waals surface area contributed by atoms with Crippen LogP contribution in [0.1, 0.15) is 14.8 Å². The fraction of sp³-hybridized carbons (Fsp3) is 0.500. The molecule has 0 fully saturated rings. The third-order valence-corrected chi connectivity index (χ3v) is 1.92. The molecule has 0 amide bonds. The summed E-state index contributed by atoms with van der Waals surface area (Å²) in [7, 11) is -3.98. The first-order chi connectivity index (χ1) is 5.33. The van der Waals surface area contributed by atoms with Gasteiger partial charge in [0.15, 0.2) is 0 Å². The van der Waals surface area contributed by atoms with Crippen molar-refractivity contribution in [3.63, 3.8) is 0 Å². The Hall–Kier alpha value is 0.120. The number of hydrogen-bond donors (Lipinski definition) is 2. The molecule has 5 nitrogen and oxygen atoms in total. The van der Waals surface area contributed by atoms with Gasteiger partial charge in [-0.05, 0) is 13.3 Å². The molecule has 0 spiro atoms. The fourth-order valence-electron chi connectivity index (χ4n) is 0.512. The van der Waals surface area contributed by atoms with Crippen molar-refractivity contribution in [1.82, 2.24) is 0 Å². The van der Waals surface area contributed by atoms with E-state index in [0.29, 0.717) is 0 Å². The van der Waals surface area contributed by atoms with E-state index in [4.69, 9.17) is 9.66 Å². The van der Waals surface area contributed by atoms with Crippen molar-refractivity contribution in [2.24, 2.45) is 0 Å². The largest absolute Gasteiger partial charge is 1.00 e. The molecule has 0 aromatic rings. The zero-order valence-corrected chi connectivity index (χ0v) is 10.3. The Morgan fingerprint density at radius 3 is 2.31 bits per heavy atom. The first-order valence-corrected chi connectivity index (χ1v) is 4.79. The van der Waals surface area contributed by atoms with Gasteiger partial charge < -0.3 is 6.53 Å². The van der Waals surface area contributed by atoms with Gasteiger partial charge in [-0.15, -0.1) is 0 Å². The van der Waals surface area contributed by atoms with Crippen LogP contribution < -0.4 is 29.6 Å². The van der Waals surface area contributed by atoms with Gasteiger partial charge in [-0.1, -0.05) is 6.08 Å². The van der Waals surface area contributed by atoms with Gasteiger partial charge in [0.2, 0.25) is 0 Å². The van der Waals surface area contributed by atoms with Crippen molar-refractivity contribution in [3.8, 4) is 0 Å². The molecule has 2 N–H and O–H groups in total. The third kappa shape index (κ3) is 10.0. The van der Waals surface area contributed by atoms with Crippen LogP contribution in [-0.4, -0.2) is 29.8 Å². The van der Waals surface area contributed by atoms with Gasteiger partial charge in [0.1, 0.15) is 0 Å².